The summed E-state index contributed by atoms with van der Waals surface area (Å²) >= 11 is 25.2. The van der Waals surface area contributed by atoms with Crippen molar-refractivity contribution >= 4 is 91.2 Å². The van der Waals surface area contributed by atoms with Crippen molar-refractivity contribution in [2.24, 2.45) is 5.41 Å². The van der Waals surface area contributed by atoms with Gasteiger partial charge in [-0.05, 0) is 42.2 Å². The van der Waals surface area contributed by atoms with Gasteiger partial charge in [0, 0.05) is 38.5 Å². The highest BCUT2D eigenvalue weighted by Gasteiger charge is 2.85. The standard InChI is InChI=1S/C24H17B2Cl4N3O3/c1-21(2)8-16-22(25)19(35)33(13-4-10(27)3-11(28)5-13)20(36)24(22,26)23(32(16)9-21)14-6-12(29)7-15(30)17(14)31-18(23)34/h3-7,16H,8-9H2,1-2H3,(H,31,34). The molecule has 3 amide bonds. The molecule has 4 aliphatic rings. The van der Waals surface area contributed by atoms with E-state index in [1.807, 2.05) is 13.8 Å². The molecule has 36 heavy (non-hydrogen) atoms. The number of nitrogens with zero attached hydrogens (tertiary/aromatic N) is 2. The van der Waals surface area contributed by atoms with Gasteiger partial charge in [0.15, 0.2) is 0 Å². The molecule has 3 saturated heterocycles. The van der Waals surface area contributed by atoms with Crippen molar-refractivity contribution in [3.63, 3.8) is 0 Å². The maximum absolute atomic E-state index is 14.4. The Kier molecular flexibility index (Phi) is 4.95. The van der Waals surface area contributed by atoms with E-state index in [2.05, 4.69) is 5.32 Å². The Labute approximate surface area is 230 Å². The normalized spacial score (nSPS) is 34.3. The Balaban J connectivity index is 1.69. The van der Waals surface area contributed by atoms with Crippen LogP contribution in [0, 0.1) is 5.41 Å². The predicted molar refractivity (Wildman–Crippen MR) is 142 cm³/mol. The second-order valence-electron chi connectivity index (χ2n) is 10.7. The van der Waals surface area contributed by atoms with Crippen LogP contribution in [0.3, 0.4) is 0 Å². The molecule has 4 aliphatic heterocycles. The summed E-state index contributed by atoms with van der Waals surface area (Å²) in [6.45, 7) is 4.38. The number of nitrogens with one attached hydrogen (secondary N) is 1. The summed E-state index contributed by atoms with van der Waals surface area (Å²) in [5.41, 5.74) is -1.46. The maximum atomic E-state index is 14.4. The first kappa shape index (κ1) is 24.6. The van der Waals surface area contributed by atoms with E-state index in [-0.39, 0.29) is 36.9 Å². The third kappa shape index (κ3) is 2.60. The van der Waals surface area contributed by atoms with Crippen LogP contribution in [0.2, 0.25) is 30.7 Å². The van der Waals surface area contributed by atoms with Crippen molar-refractivity contribution in [2.45, 2.75) is 42.5 Å². The molecule has 2 aromatic carbocycles. The molecule has 6 rings (SSSR count). The smallest absolute Gasteiger partial charge is 0.249 e. The van der Waals surface area contributed by atoms with Crippen molar-refractivity contribution in [1.29, 1.82) is 0 Å². The van der Waals surface area contributed by atoms with Gasteiger partial charge in [-0.1, -0.05) is 60.3 Å². The first-order valence-electron chi connectivity index (χ1n) is 11.2. The highest BCUT2D eigenvalue weighted by Crippen LogP contribution is 2.78. The van der Waals surface area contributed by atoms with E-state index in [0.29, 0.717) is 18.5 Å². The number of carbonyl (C=O) groups is 3. The number of carbonyl (C=O) groups excluding carboxylic acids is 3. The minimum absolute atomic E-state index is 0.119. The fourth-order valence-electron chi connectivity index (χ4n) is 6.81. The molecule has 1 N–H and O–H groups in total. The van der Waals surface area contributed by atoms with Crippen molar-refractivity contribution in [3.8, 4) is 0 Å². The lowest BCUT2D eigenvalue weighted by Crippen LogP contribution is -2.57. The van der Waals surface area contributed by atoms with Crippen molar-refractivity contribution in [2.75, 3.05) is 16.8 Å². The van der Waals surface area contributed by atoms with Gasteiger partial charge in [0.25, 0.3) is 0 Å². The van der Waals surface area contributed by atoms with E-state index in [1.54, 1.807) is 11.0 Å². The average molecular weight is 559 g/mol. The molecule has 4 heterocycles. The van der Waals surface area contributed by atoms with E-state index in [0.717, 1.165) is 4.90 Å². The van der Waals surface area contributed by atoms with E-state index in [1.165, 1.54) is 24.3 Å². The lowest BCUT2D eigenvalue weighted by Gasteiger charge is -2.45. The zero-order chi connectivity index (χ0) is 26.2. The summed E-state index contributed by atoms with van der Waals surface area (Å²) in [4.78, 5) is 45.3. The van der Waals surface area contributed by atoms with E-state index in [9.17, 15) is 14.4 Å². The topological polar surface area (TPSA) is 69.7 Å². The lowest BCUT2D eigenvalue weighted by molar-refractivity contribution is -0.134. The third-order valence-electron chi connectivity index (χ3n) is 8.12. The summed E-state index contributed by atoms with van der Waals surface area (Å²) in [5.74, 6) is -2.15. The quantitative estimate of drug-likeness (QED) is 0.404. The number of benzene rings is 2. The molecule has 1 spiro atoms. The number of fused-ring (bicyclic) bond motifs is 7. The van der Waals surface area contributed by atoms with Crippen LogP contribution in [0.1, 0.15) is 25.8 Å². The zero-order valence-electron chi connectivity index (χ0n) is 19.2. The molecule has 180 valence electrons. The summed E-state index contributed by atoms with van der Waals surface area (Å²) in [6, 6.07) is 6.64. The van der Waals surface area contributed by atoms with Crippen LogP contribution in [-0.4, -0.2) is 50.9 Å². The SMILES string of the molecule is [B]C12C(=O)N(c3cc(Cl)cc(Cl)c3)C(=O)C1([B])C1(C(=O)Nc3c(Cl)cc(Cl)cc31)N1CC(C)(C)CC12. The first-order valence-corrected chi connectivity index (χ1v) is 12.7. The van der Waals surface area contributed by atoms with E-state index in [4.69, 9.17) is 62.1 Å². The van der Waals surface area contributed by atoms with Crippen LogP contribution in [0.5, 0.6) is 0 Å². The molecule has 3 fully saturated rings. The van der Waals surface area contributed by atoms with Gasteiger partial charge in [-0.3, -0.25) is 24.2 Å². The highest BCUT2D eigenvalue weighted by atomic mass is 35.5. The molecular weight excluding hydrogens is 542 g/mol. The molecular formula is C24H17B2Cl4N3O3. The average Bonchev–Trinajstić information content (AvgIpc) is 3.34. The number of hydrogen-bond acceptors (Lipinski definition) is 4. The Hall–Kier alpha value is -1.70. The van der Waals surface area contributed by atoms with Crippen LogP contribution in [0.25, 0.3) is 0 Å². The third-order valence-corrected chi connectivity index (χ3v) is 9.07. The molecule has 0 aliphatic carbocycles. The molecule has 4 unspecified atom stereocenters. The molecule has 0 saturated carbocycles. The first-order chi connectivity index (χ1) is 16.7. The molecule has 4 radical (unpaired) electrons. The number of halogens is 4. The fraction of sp³-hybridized carbons (Fsp3) is 0.375. The van der Waals surface area contributed by atoms with Gasteiger partial charge >= 0.3 is 0 Å². The number of rotatable bonds is 1. The fourth-order valence-corrected chi connectivity index (χ4v) is 7.86. The van der Waals surface area contributed by atoms with Crippen LogP contribution in [0.15, 0.2) is 30.3 Å². The van der Waals surface area contributed by atoms with Gasteiger partial charge in [0.2, 0.25) is 17.7 Å². The molecule has 6 nitrogen and oxygen atoms in total. The Morgan fingerprint density at radius 2 is 1.53 bits per heavy atom. The van der Waals surface area contributed by atoms with Crippen LogP contribution >= 0.6 is 46.4 Å². The number of anilines is 2. The van der Waals surface area contributed by atoms with Gasteiger partial charge < -0.3 is 5.32 Å². The molecule has 0 bridgehead atoms. The number of amides is 3. The second-order valence-corrected chi connectivity index (χ2v) is 12.5. The summed E-state index contributed by atoms with van der Waals surface area (Å²) in [6.07, 6.45) is 0.421. The molecule has 12 heteroatoms. The number of imide groups is 1. The van der Waals surface area contributed by atoms with Gasteiger partial charge in [-0.15, -0.1) is 0 Å². The lowest BCUT2D eigenvalue weighted by atomic mass is 9.39. The highest BCUT2D eigenvalue weighted by molar-refractivity contribution is 6.56. The minimum atomic E-state index is -2.20. The van der Waals surface area contributed by atoms with Gasteiger partial charge in [0.05, 0.1) is 37.4 Å². The minimum Gasteiger partial charge on any atom is -0.323 e. The van der Waals surface area contributed by atoms with Crippen molar-refractivity contribution in [3.05, 3.63) is 56.0 Å². The van der Waals surface area contributed by atoms with Crippen LogP contribution < -0.4 is 10.2 Å². The summed E-state index contributed by atoms with van der Waals surface area (Å²) < 4.78 is 0. The van der Waals surface area contributed by atoms with Gasteiger partial charge in [-0.2, -0.15) is 0 Å². The van der Waals surface area contributed by atoms with E-state index < -0.39 is 39.9 Å². The second kappa shape index (κ2) is 7.23. The Morgan fingerprint density at radius 3 is 2.17 bits per heavy atom. The van der Waals surface area contributed by atoms with Crippen LogP contribution in [0.4, 0.5) is 11.4 Å². The van der Waals surface area contributed by atoms with Gasteiger partial charge in [-0.25, -0.2) is 0 Å². The zero-order valence-corrected chi connectivity index (χ0v) is 22.2. The Morgan fingerprint density at radius 1 is 0.917 bits per heavy atom. The molecule has 2 aromatic rings. The summed E-state index contributed by atoms with van der Waals surface area (Å²) in [7, 11) is 14.1. The predicted octanol–water partition coefficient (Wildman–Crippen LogP) is 4.79. The van der Waals surface area contributed by atoms with Crippen LogP contribution in [-0.2, 0) is 19.9 Å². The monoisotopic (exact) mass is 557 g/mol. The number of hydrogen-bond donors (Lipinski definition) is 1. The Bertz CT molecular complexity index is 1420. The van der Waals surface area contributed by atoms with E-state index >= 15 is 0 Å². The van der Waals surface area contributed by atoms with Crippen molar-refractivity contribution < 1.29 is 14.4 Å². The van der Waals surface area contributed by atoms with Gasteiger partial charge in [0.1, 0.15) is 5.54 Å². The summed E-state index contributed by atoms with van der Waals surface area (Å²) in [5, 5.41) is -0.492. The maximum Gasteiger partial charge on any atom is 0.249 e. The molecule has 0 aromatic heterocycles. The van der Waals surface area contributed by atoms with Crippen molar-refractivity contribution in [1.82, 2.24) is 4.90 Å². The molecule has 4 atom stereocenters. The largest absolute Gasteiger partial charge is 0.323 e.